The topological polar surface area (TPSA) is 167 Å². The molecular weight excluding hydrogens is 759 g/mol. The van der Waals surface area contributed by atoms with Gasteiger partial charge in [0, 0.05) is 24.8 Å². The molecule has 0 aliphatic carbocycles. The third-order valence-corrected chi connectivity index (χ3v) is 12.1. The van der Waals surface area contributed by atoms with Crippen molar-refractivity contribution < 1.29 is 38.7 Å². The number of thiazole rings is 1. The molecule has 2 aromatic rings. The molecule has 0 spiro atoms. The number of esters is 1. The number of aromatic nitrogens is 1. The average Bonchev–Trinajstić information content (AvgIpc) is 3.67. The number of aryl methyl sites for hydroxylation is 1. The van der Waals surface area contributed by atoms with Crippen molar-refractivity contribution in [3.05, 3.63) is 51.5 Å². The Hall–Kier alpha value is -3.88. The summed E-state index contributed by atoms with van der Waals surface area (Å²) >= 11 is 1.17. The maximum absolute atomic E-state index is 14.7. The molecule has 1 saturated heterocycles. The van der Waals surface area contributed by atoms with Crippen molar-refractivity contribution in [1.29, 1.82) is 0 Å². The Balaban J connectivity index is 1.94. The van der Waals surface area contributed by atoms with E-state index in [1.807, 2.05) is 70.8 Å². The molecule has 0 saturated carbocycles. The summed E-state index contributed by atoms with van der Waals surface area (Å²) in [6.07, 6.45) is 5.75. The number of aliphatic carboxylic acids is 1. The number of hydrogen-bond donors (Lipinski definition) is 3. The Morgan fingerprint density at radius 3 is 2.33 bits per heavy atom. The monoisotopic (exact) mass is 827 g/mol. The molecule has 3 N–H and O–H groups in total. The largest absolute Gasteiger partial charge is 0.481 e. The van der Waals surface area contributed by atoms with Crippen LogP contribution in [0.1, 0.15) is 146 Å². The lowest BCUT2D eigenvalue weighted by molar-refractivity contribution is -0.213. The third kappa shape index (κ3) is 14.4. The molecule has 0 unspecified atom stereocenters. The van der Waals surface area contributed by atoms with Crippen LogP contribution < -0.4 is 10.6 Å². The molecule has 324 valence electrons. The minimum atomic E-state index is -1.10. The van der Waals surface area contributed by atoms with Gasteiger partial charge in [0.15, 0.2) is 6.10 Å². The lowest BCUT2D eigenvalue weighted by Gasteiger charge is -2.39. The first-order chi connectivity index (χ1) is 27.4. The lowest BCUT2D eigenvalue weighted by Crippen LogP contribution is -2.58. The van der Waals surface area contributed by atoms with Crippen molar-refractivity contribution in [3.63, 3.8) is 0 Å². The third-order valence-electron chi connectivity index (χ3n) is 11.2. The summed E-state index contributed by atoms with van der Waals surface area (Å²) in [6, 6.07) is 5.61. The molecule has 0 bridgehead atoms. The molecule has 0 radical (unpaired) electrons. The summed E-state index contributed by atoms with van der Waals surface area (Å²) < 4.78 is 5.87. The fourth-order valence-corrected chi connectivity index (χ4v) is 8.10. The highest BCUT2D eigenvalue weighted by Gasteiger charge is 2.40. The van der Waals surface area contributed by atoms with Crippen LogP contribution in [0.5, 0.6) is 0 Å². The number of benzene rings is 1. The quantitative estimate of drug-likeness (QED) is 0.0589. The number of carbonyl (C=O) groups excluding carboxylic acids is 4. The molecule has 58 heavy (non-hydrogen) atoms. The molecule has 1 aromatic carbocycles. The van der Waals surface area contributed by atoms with E-state index in [9.17, 15) is 29.1 Å². The lowest BCUT2D eigenvalue weighted by atomic mass is 9.84. The fourth-order valence-electron chi connectivity index (χ4n) is 7.26. The van der Waals surface area contributed by atoms with Crippen molar-refractivity contribution in [2.45, 2.75) is 157 Å². The molecular formula is C44H69N5O8S. The average molecular weight is 828 g/mol. The van der Waals surface area contributed by atoms with Gasteiger partial charge < -0.3 is 20.5 Å². The van der Waals surface area contributed by atoms with E-state index in [1.54, 1.807) is 19.2 Å². The van der Waals surface area contributed by atoms with Crippen LogP contribution in [0.4, 0.5) is 0 Å². The summed E-state index contributed by atoms with van der Waals surface area (Å²) in [4.78, 5) is 79.9. The van der Waals surface area contributed by atoms with Gasteiger partial charge in [-0.3, -0.25) is 33.7 Å². The number of nitrogens with one attached hydrogen (secondary N) is 2. The van der Waals surface area contributed by atoms with Gasteiger partial charge in [-0.25, -0.2) is 10.0 Å². The van der Waals surface area contributed by atoms with Crippen molar-refractivity contribution >= 4 is 41.0 Å². The highest BCUT2D eigenvalue weighted by molar-refractivity contribution is 7.09. The van der Waals surface area contributed by atoms with Crippen molar-refractivity contribution in [2.24, 2.45) is 17.3 Å². The number of likely N-dealkylation sites (tertiary alicyclic amines) is 1. The number of carboxylic acid groups (broad SMARTS) is 1. The van der Waals surface area contributed by atoms with Gasteiger partial charge in [0.1, 0.15) is 16.7 Å². The second-order valence-corrected chi connectivity index (χ2v) is 17.9. The van der Waals surface area contributed by atoms with Gasteiger partial charge >= 0.3 is 11.9 Å². The number of hydrogen-bond acceptors (Lipinski definition) is 10. The number of rotatable bonds is 23. The number of ether oxygens (including phenoxy) is 1. The van der Waals surface area contributed by atoms with Crippen molar-refractivity contribution in [1.82, 2.24) is 25.6 Å². The summed E-state index contributed by atoms with van der Waals surface area (Å²) in [5, 5.41) is 19.4. The second-order valence-electron chi connectivity index (χ2n) is 17.0. The minimum Gasteiger partial charge on any atom is -0.481 e. The molecule has 14 heteroatoms. The number of unbranched alkanes of at least 4 members (excludes halogenated alkanes) is 2. The highest BCUT2D eigenvalue weighted by atomic mass is 32.1. The zero-order valence-electron chi connectivity index (χ0n) is 36.5. The standard InChI is InChI=1S/C44H69N5O8S/c1-11-13-16-23-56-49(42(53)38(30(6)12-2)47-40(52)35-17-14-15-22-48(35)10)36(28(3)4)25-37(57-31(7)50)41-46-34(27-58-41)39(51)45-33(26-44(8,9)43(54)55)24-32-20-18-29(5)19-21-32/h18-21,27-28,30,33,35-38H,11-17,22-26H2,1-10H3,(H,45,51)(H,47,52)(H,54,55)/t30-,33-,35+,36+,37+,38-/m0/s1. The van der Waals surface area contributed by atoms with Crippen molar-refractivity contribution in [2.75, 3.05) is 20.2 Å². The van der Waals surface area contributed by atoms with E-state index in [4.69, 9.17) is 9.57 Å². The molecule has 6 atom stereocenters. The minimum absolute atomic E-state index is 0.108. The molecule has 1 aromatic heterocycles. The Morgan fingerprint density at radius 2 is 1.74 bits per heavy atom. The van der Waals surface area contributed by atoms with Gasteiger partial charge in [-0.2, -0.15) is 0 Å². The van der Waals surface area contributed by atoms with Gasteiger partial charge in [0.05, 0.1) is 24.1 Å². The van der Waals surface area contributed by atoms with Crippen LogP contribution in [0.15, 0.2) is 29.6 Å². The van der Waals surface area contributed by atoms with E-state index in [1.165, 1.54) is 23.3 Å². The van der Waals surface area contributed by atoms with E-state index in [2.05, 4.69) is 22.5 Å². The number of carboxylic acids is 1. The van der Waals surface area contributed by atoms with E-state index in [-0.39, 0.29) is 54.8 Å². The van der Waals surface area contributed by atoms with Gasteiger partial charge in [0.2, 0.25) is 5.91 Å². The highest BCUT2D eigenvalue weighted by Crippen LogP contribution is 2.32. The zero-order valence-corrected chi connectivity index (χ0v) is 37.3. The number of hydroxylamine groups is 2. The van der Waals surface area contributed by atoms with Crippen LogP contribution in [-0.2, 0) is 35.2 Å². The van der Waals surface area contributed by atoms with E-state index in [0.717, 1.165) is 56.2 Å². The second kappa shape index (κ2) is 23.1. The molecule has 3 amide bonds. The number of piperidine rings is 1. The molecule has 1 aliphatic heterocycles. The Morgan fingerprint density at radius 1 is 1.05 bits per heavy atom. The Kier molecular flexibility index (Phi) is 19.3. The predicted octanol–water partition coefficient (Wildman–Crippen LogP) is 7.28. The van der Waals surface area contributed by atoms with Gasteiger partial charge in [-0.15, -0.1) is 11.3 Å². The number of nitrogens with zero attached hydrogens (tertiary/aromatic N) is 3. The van der Waals surface area contributed by atoms with Gasteiger partial charge in [0.25, 0.3) is 11.8 Å². The summed E-state index contributed by atoms with van der Waals surface area (Å²) in [5.41, 5.74) is 1.05. The number of likely N-dealkylation sites (N-methyl/N-ethyl adjacent to an activating group) is 1. The molecule has 1 fully saturated rings. The van der Waals surface area contributed by atoms with Gasteiger partial charge in [-0.05, 0) is 83.9 Å². The fraction of sp³-hybridized carbons (Fsp3) is 0.682. The SMILES string of the molecule is CCCCCON(C(=O)[C@@H](NC(=O)[C@H]1CCCCN1C)[C@@H](C)CC)[C@H](C[C@@H](OC(C)=O)c1nc(C(=O)N[C@@H](Cc2ccc(C)cc2)CC(C)(C)C(=O)O)cs1)C(C)C. The first-order valence-electron chi connectivity index (χ1n) is 21.1. The molecule has 13 nitrogen and oxygen atoms in total. The summed E-state index contributed by atoms with van der Waals surface area (Å²) in [5.74, 6) is -2.89. The molecule has 1 aliphatic rings. The van der Waals surface area contributed by atoms with Gasteiger partial charge in [-0.1, -0.05) is 90.1 Å². The summed E-state index contributed by atoms with van der Waals surface area (Å²) in [7, 11) is 1.94. The van der Waals surface area contributed by atoms with Crippen LogP contribution in [0.3, 0.4) is 0 Å². The van der Waals surface area contributed by atoms with Crippen LogP contribution in [0.2, 0.25) is 0 Å². The van der Waals surface area contributed by atoms with E-state index >= 15 is 0 Å². The maximum atomic E-state index is 14.7. The number of amides is 3. The first-order valence-corrected chi connectivity index (χ1v) is 21.9. The van der Waals surface area contributed by atoms with E-state index in [0.29, 0.717) is 17.8 Å². The van der Waals surface area contributed by atoms with Crippen LogP contribution >= 0.6 is 11.3 Å². The molecule has 3 rings (SSSR count). The van der Waals surface area contributed by atoms with Crippen molar-refractivity contribution in [3.8, 4) is 0 Å². The Bertz CT molecular complexity index is 1650. The normalized spacial score (nSPS) is 17.5. The first kappa shape index (κ1) is 48.5. The van der Waals surface area contributed by atoms with Crippen LogP contribution in [0.25, 0.3) is 0 Å². The summed E-state index contributed by atoms with van der Waals surface area (Å²) in [6.45, 7) is 17.6. The van der Waals surface area contributed by atoms with Crippen LogP contribution in [-0.4, -0.2) is 94.1 Å². The maximum Gasteiger partial charge on any atom is 0.309 e. The van der Waals surface area contributed by atoms with E-state index < -0.39 is 47.5 Å². The Labute approximate surface area is 350 Å². The zero-order chi connectivity index (χ0) is 43.2. The molecule has 2 heterocycles. The predicted molar refractivity (Wildman–Crippen MR) is 226 cm³/mol. The van der Waals surface area contributed by atoms with Crippen LogP contribution in [0, 0.1) is 24.2 Å². The number of carbonyl (C=O) groups is 5. The smallest absolute Gasteiger partial charge is 0.309 e.